The zero-order valence-corrected chi connectivity index (χ0v) is 21.9. The van der Waals surface area contributed by atoms with E-state index in [9.17, 15) is 4.79 Å². The molecular weight excluding hydrogens is 516 g/mol. The van der Waals surface area contributed by atoms with Crippen LogP contribution in [0.25, 0.3) is 31.9 Å². The van der Waals surface area contributed by atoms with Crippen LogP contribution in [0.5, 0.6) is 0 Å². The number of para-hydroxylation sites is 1. The van der Waals surface area contributed by atoms with Gasteiger partial charge in [-0.05, 0) is 43.7 Å². The predicted molar refractivity (Wildman–Crippen MR) is 144 cm³/mol. The van der Waals surface area contributed by atoms with Crippen molar-refractivity contribution in [3.8, 4) is 11.5 Å². The fraction of sp³-hybridized carbons (Fsp3) is 0.231. The van der Waals surface area contributed by atoms with Gasteiger partial charge in [-0.2, -0.15) is 0 Å². The minimum atomic E-state index is -0.308. The third-order valence-electron chi connectivity index (χ3n) is 6.04. The Balaban J connectivity index is 1.40. The Hall–Kier alpha value is -2.98. The molecule has 0 fully saturated rings. The molecule has 5 heterocycles. The fourth-order valence-electron chi connectivity index (χ4n) is 4.39. The zero-order chi connectivity index (χ0) is 24.9. The highest BCUT2D eigenvalue weighted by molar-refractivity contribution is 8.00. The molecule has 0 spiro atoms. The standard InChI is InChI=1S/C26H21ClN4O3S2/c1-26(2)10-14-15(11-34-26)21(18-8-5-9-33-18)31-24-20(14)22-23(36-24)25(29-13-28-22)35-12-19(32)30-17-7-4-3-6-16(17)27/h3-9,13H,10-12H2,1-2H3,(H,30,32). The maximum absolute atomic E-state index is 12.6. The Morgan fingerprint density at radius 1 is 1.19 bits per heavy atom. The Labute approximate surface area is 220 Å². The van der Waals surface area contributed by atoms with Gasteiger partial charge in [0.2, 0.25) is 5.91 Å². The van der Waals surface area contributed by atoms with Gasteiger partial charge in [-0.15, -0.1) is 11.3 Å². The molecule has 0 unspecified atom stereocenters. The molecular formula is C26H21ClN4O3S2. The Morgan fingerprint density at radius 3 is 2.86 bits per heavy atom. The van der Waals surface area contributed by atoms with Crippen molar-refractivity contribution >= 4 is 66.7 Å². The summed E-state index contributed by atoms with van der Waals surface area (Å²) >= 11 is 9.08. The van der Waals surface area contributed by atoms with Gasteiger partial charge in [-0.25, -0.2) is 15.0 Å². The highest BCUT2D eigenvalue weighted by Gasteiger charge is 2.32. The number of anilines is 1. The van der Waals surface area contributed by atoms with E-state index < -0.39 is 0 Å². The van der Waals surface area contributed by atoms with Crippen LogP contribution in [-0.4, -0.2) is 32.2 Å². The van der Waals surface area contributed by atoms with Crippen LogP contribution in [0.2, 0.25) is 5.02 Å². The maximum Gasteiger partial charge on any atom is 0.234 e. The van der Waals surface area contributed by atoms with Crippen LogP contribution in [0.3, 0.4) is 0 Å². The van der Waals surface area contributed by atoms with Crippen molar-refractivity contribution < 1.29 is 13.9 Å². The molecule has 1 aliphatic heterocycles. The summed E-state index contributed by atoms with van der Waals surface area (Å²) < 4.78 is 12.8. The molecule has 1 amide bonds. The van der Waals surface area contributed by atoms with Crippen molar-refractivity contribution in [1.29, 1.82) is 0 Å². The highest BCUT2D eigenvalue weighted by Crippen LogP contribution is 2.44. The number of hydrogen-bond donors (Lipinski definition) is 1. The smallest absolute Gasteiger partial charge is 0.234 e. The third-order valence-corrected chi connectivity index (χ3v) is 8.57. The van der Waals surface area contributed by atoms with Crippen molar-refractivity contribution in [2.45, 2.75) is 37.5 Å². The van der Waals surface area contributed by atoms with Gasteiger partial charge in [0, 0.05) is 17.4 Å². The van der Waals surface area contributed by atoms with Gasteiger partial charge in [0.25, 0.3) is 0 Å². The number of halogens is 1. The molecule has 10 heteroatoms. The SMILES string of the molecule is CC1(C)Cc2c(c(-c3ccco3)nc3sc4c(SCC(=O)Nc5ccccc5Cl)ncnc4c23)CO1. The van der Waals surface area contributed by atoms with Crippen molar-refractivity contribution in [2.75, 3.05) is 11.1 Å². The highest BCUT2D eigenvalue weighted by atomic mass is 35.5. The maximum atomic E-state index is 12.6. The number of fused-ring (bicyclic) bond motifs is 5. The molecule has 0 radical (unpaired) electrons. The van der Waals surface area contributed by atoms with Crippen molar-refractivity contribution in [3.05, 3.63) is 65.1 Å². The number of nitrogens with zero attached hydrogens (tertiary/aromatic N) is 3. The van der Waals surface area contributed by atoms with E-state index in [0.717, 1.165) is 43.1 Å². The van der Waals surface area contributed by atoms with E-state index >= 15 is 0 Å². The lowest BCUT2D eigenvalue weighted by Gasteiger charge is -2.32. The second-order valence-corrected chi connectivity index (χ2v) is 11.4. The van der Waals surface area contributed by atoms with E-state index in [1.807, 2.05) is 24.3 Å². The van der Waals surface area contributed by atoms with E-state index in [1.165, 1.54) is 28.7 Å². The lowest BCUT2D eigenvalue weighted by atomic mass is 9.89. The van der Waals surface area contributed by atoms with Crippen molar-refractivity contribution in [2.24, 2.45) is 0 Å². The molecule has 0 atom stereocenters. The number of amides is 1. The van der Waals surface area contributed by atoms with Crippen LogP contribution >= 0.6 is 34.7 Å². The number of furan rings is 1. The van der Waals surface area contributed by atoms with Gasteiger partial charge < -0.3 is 14.5 Å². The summed E-state index contributed by atoms with van der Waals surface area (Å²) in [7, 11) is 0. The third kappa shape index (κ3) is 4.26. The van der Waals surface area contributed by atoms with Crippen molar-refractivity contribution in [1.82, 2.24) is 15.0 Å². The van der Waals surface area contributed by atoms with Crippen LogP contribution in [0, 0.1) is 0 Å². The molecule has 7 nitrogen and oxygen atoms in total. The lowest BCUT2D eigenvalue weighted by molar-refractivity contribution is -0.113. The molecule has 0 aliphatic carbocycles. The second-order valence-electron chi connectivity index (χ2n) is 9.08. The average molecular weight is 537 g/mol. The van der Waals surface area contributed by atoms with Crippen LogP contribution in [0.1, 0.15) is 25.0 Å². The monoisotopic (exact) mass is 536 g/mol. The summed E-state index contributed by atoms with van der Waals surface area (Å²) in [6, 6.07) is 10.9. The largest absolute Gasteiger partial charge is 0.463 e. The Bertz CT molecular complexity index is 1620. The molecule has 4 aromatic heterocycles. The van der Waals surface area contributed by atoms with Crippen LogP contribution in [-0.2, 0) is 22.6 Å². The van der Waals surface area contributed by atoms with E-state index in [-0.39, 0.29) is 17.3 Å². The van der Waals surface area contributed by atoms with Crippen LogP contribution < -0.4 is 5.32 Å². The number of thiophene rings is 1. The van der Waals surface area contributed by atoms with Gasteiger partial charge in [0.05, 0.1) is 45.2 Å². The molecule has 6 rings (SSSR count). The number of hydrogen-bond acceptors (Lipinski definition) is 8. The van der Waals surface area contributed by atoms with E-state index in [2.05, 4.69) is 29.1 Å². The quantitative estimate of drug-likeness (QED) is 0.196. The van der Waals surface area contributed by atoms with E-state index in [0.29, 0.717) is 23.1 Å². The van der Waals surface area contributed by atoms with Crippen molar-refractivity contribution in [3.63, 3.8) is 0 Å². The topological polar surface area (TPSA) is 90.1 Å². The molecule has 182 valence electrons. The summed E-state index contributed by atoms with van der Waals surface area (Å²) in [5.74, 6) is 0.747. The van der Waals surface area contributed by atoms with Gasteiger partial charge in [-0.3, -0.25) is 4.79 Å². The molecule has 0 saturated carbocycles. The number of rotatable bonds is 5. The number of aromatic nitrogens is 3. The number of pyridine rings is 1. The fourth-order valence-corrected chi connectivity index (χ4v) is 6.61. The molecule has 5 aromatic rings. The molecule has 0 bridgehead atoms. The van der Waals surface area contributed by atoms with E-state index in [1.54, 1.807) is 24.7 Å². The lowest BCUT2D eigenvalue weighted by Crippen LogP contribution is -2.32. The molecule has 1 aromatic carbocycles. The van der Waals surface area contributed by atoms with Gasteiger partial charge in [0.15, 0.2) is 5.76 Å². The summed E-state index contributed by atoms with van der Waals surface area (Å²) in [4.78, 5) is 27.6. The second kappa shape index (κ2) is 9.15. The first-order valence-corrected chi connectivity index (χ1v) is 13.5. The number of carbonyl (C=O) groups is 1. The minimum absolute atomic E-state index is 0.157. The normalized spacial score (nSPS) is 14.8. The molecule has 0 saturated heterocycles. The Morgan fingerprint density at radius 2 is 2.06 bits per heavy atom. The van der Waals surface area contributed by atoms with Gasteiger partial charge in [0.1, 0.15) is 21.9 Å². The number of ether oxygens (including phenoxy) is 1. The summed E-state index contributed by atoms with van der Waals surface area (Å²) in [5.41, 5.74) is 4.14. The molecule has 36 heavy (non-hydrogen) atoms. The number of thioether (sulfide) groups is 1. The summed E-state index contributed by atoms with van der Waals surface area (Å²) in [6.07, 6.45) is 3.94. The minimum Gasteiger partial charge on any atom is -0.463 e. The molecule has 1 aliphatic rings. The Kier molecular flexibility index (Phi) is 5.95. The zero-order valence-electron chi connectivity index (χ0n) is 19.5. The van der Waals surface area contributed by atoms with Crippen LogP contribution in [0.4, 0.5) is 5.69 Å². The predicted octanol–water partition coefficient (Wildman–Crippen LogP) is 6.74. The average Bonchev–Trinajstić information content (AvgIpc) is 3.51. The van der Waals surface area contributed by atoms with Gasteiger partial charge in [-0.1, -0.05) is 35.5 Å². The number of nitrogens with one attached hydrogen (secondary N) is 1. The molecule has 1 N–H and O–H groups in total. The first-order chi connectivity index (χ1) is 17.4. The number of carbonyl (C=O) groups excluding carboxylic acids is 1. The van der Waals surface area contributed by atoms with Gasteiger partial charge >= 0.3 is 0 Å². The summed E-state index contributed by atoms with van der Waals surface area (Å²) in [6.45, 7) is 4.64. The first-order valence-electron chi connectivity index (χ1n) is 11.3. The van der Waals surface area contributed by atoms with E-state index in [4.69, 9.17) is 25.7 Å². The van der Waals surface area contributed by atoms with Crippen LogP contribution in [0.15, 0.2) is 58.4 Å². The first kappa shape index (κ1) is 23.4. The summed E-state index contributed by atoms with van der Waals surface area (Å²) in [5, 5.41) is 5.14. The number of benzene rings is 1.